The summed E-state index contributed by atoms with van der Waals surface area (Å²) in [6.07, 6.45) is -19.6. The number of unbranched alkanes of at least 4 members (excludes halogenated alkanes) is 2. The molecule has 27 heteroatoms. The van der Waals surface area contributed by atoms with E-state index in [1.807, 2.05) is 249 Å². The molecule has 0 bridgehead atoms. The van der Waals surface area contributed by atoms with Gasteiger partial charge in [-0.1, -0.05) is 265 Å². The van der Waals surface area contributed by atoms with E-state index in [2.05, 4.69) is 38.3 Å². The Morgan fingerprint density at radius 1 is 0.439 bits per heavy atom. The minimum Gasteiger partial charge on any atom is -0.457 e. The number of esters is 1. The lowest BCUT2D eigenvalue weighted by Gasteiger charge is -2.52. The molecule has 6 aliphatic rings. The van der Waals surface area contributed by atoms with E-state index in [4.69, 9.17) is 85.3 Å². The summed E-state index contributed by atoms with van der Waals surface area (Å²) in [5.41, 5.74) is 28.7. The Morgan fingerprint density at radius 2 is 0.943 bits per heavy atom. The number of amides is 1. The molecule has 0 N–H and O–H groups in total. The first-order valence-corrected chi connectivity index (χ1v) is 42.1. The molecule has 0 unspecified atom stereocenters. The summed E-state index contributed by atoms with van der Waals surface area (Å²) < 4.78 is 124. The number of nitrogens with zero attached hydrogens (tertiary/aromatic N) is 7. The molecule has 21 atom stereocenters. The lowest BCUT2D eigenvalue weighted by molar-refractivity contribution is -0.391. The van der Waals surface area contributed by atoms with Crippen molar-refractivity contribution in [2.45, 2.75) is 208 Å². The van der Waals surface area contributed by atoms with Crippen molar-refractivity contribution in [3.05, 3.63) is 332 Å². The minimum absolute atomic E-state index is 0.0213. The van der Waals surface area contributed by atoms with E-state index >= 15 is 0 Å². The largest absolute Gasteiger partial charge is 0.457 e. The molecular formula is C96H101N7O20. The van der Waals surface area contributed by atoms with Crippen molar-refractivity contribution < 1.29 is 94.9 Å². The van der Waals surface area contributed by atoms with Crippen LogP contribution in [0.3, 0.4) is 0 Å². The molecule has 6 saturated heterocycles. The molecule has 27 nitrogen and oxygen atoms in total. The van der Waals surface area contributed by atoms with Gasteiger partial charge in [-0.25, -0.2) is 4.79 Å². The van der Waals surface area contributed by atoms with Crippen LogP contribution in [0.25, 0.3) is 42.4 Å². The van der Waals surface area contributed by atoms with Gasteiger partial charge in [0.1, 0.15) is 79.7 Å². The molecule has 0 aromatic heterocycles. The Hall–Kier alpha value is -10.6. The van der Waals surface area contributed by atoms with Crippen LogP contribution < -0.4 is 0 Å². The quantitative estimate of drug-likeness (QED) is 0.0117. The summed E-state index contributed by atoms with van der Waals surface area (Å²) in [7, 11) is 0. The molecule has 0 saturated carbocycles. The molecule has 640 valence electrons. The van der Waals surface area contributed by atoms with Crippen LogP contribution >= 0.6 is 0 Å². The van der Waals surface area contributed by atoms with Crippen LogP contribution in [0.1, 0.15) is 96.6 Å². The third kappa shape index (κ3) is 22.3. The Labute approximate surface area is 713 Å². The third-order valence-corrected chi connectivity index (χ3v) is 22.8. The van der Waals surface area contributed by atoms with Crippen molar-refractivity contribution in [2.75, 3.05) is 33.0 Å². The van der Waals surface area contributed by atoms with Gasteiger partial charge in [0, 0.05) is 54.0 Å². The van der Waals surface area contributed by atoms with Gasteiger partial charge in [0.05, 0.1) is 58.5 Å². The van der Waals surface area contributed by atoms with Crippen LogP contribution in [0.4, 0.5) is 4.79 Å². The molecule has 0 spiro atoms. The number of hydrogen-bond acceptors (Lipinski definition) is 22. The van der Waals surface area contributed by atoms with Gasteiger partial charge in [-0.3, -0.25) is 4.79 Å². The first-order chi connectivity index (χ1) is 60.5. The second-order valence-electron chi connectivity index (χ2n) is 31.4. The number of rotatable bonds is 35. The number of azide groups is 2. The second kappa shape index (κ2) is 42.7. The van der Waals surface area contributed by atoms with Gasteiger partial charge in [0.15, 0.2) is 43.8 Å². The molecule has 6 fully saturated rings. The average molecular weight is 1670 g/mol. The standard InChI is InChI=1S/C96H101N7O20/c1-62-83(115-63(2)104)87(119-80-52-76(108-55-66-32-14-5-15-33-66)84-78(116-80)60-111-91(120-84)72-38-18-7-19-39-72)81(99-101-97)93(114-62)123-88-82(100-102-98)94(117-79-61-112-92(121-85(79)88)73-40-20-8-21-41-73)122-86-77(59-106-54-65-30-12-4-13-31-65)118-95(107-49-27-9-26-48-103(53-64-28-10-3-11-29-64)96(105)113-56-67-34-16-6-17-35-67)90(110-58-69-45-47-71-37-23-25-43-75(71)51-69)89(86)109-57-68-44-46-70-36-22-24-42-74(70)50-68/h3-8,10-25,28-47,50-51,62,76-95H,9,26-27,48-49,52-61H2,1-2H3/t62-,76-,77+,78+,79+,80-,81-,82+,83+,84+,85-,86-,87-,88+,89-,90+,91+,92-,93-,94+,95-/m0/s1. The predicted molar refractivity (Wildman–Crippen MR) is 450 cm³/mol. The van der Waals surface area contributed by atoms with Gasteiger partial charge >= 0.3 is 12.1 Å². The maximum Gasteiger partial charge on any atom is 0.410 e. The maximum absolute atomic E-state index is 13.9. The zero-order valence-electron chi connectivity index (χ0n) is 68.4. The minimum atomic E-state index is -1.60. The van der Waals surface area contributed by atoms with Gasteiger partial charge in [0.2, 0.25) is 0 Å². The van der Waals surface area contributed by atoms with Crippen molar-refractivity contribution in [1.29, 1.82) is 0 Å². The SMILES string of the molecule is CC(=O)O[C@H]1[C@@H](O[C@H]2C[C@H](OCc3ccccc3)[C@H]3O[C@H](c4ccccc4)OC[C@H]3O2)[C@H](N=[N+]=[N-])[C@H](O[C@@H]2[C@@H](N=[N+]=[N-])[C@@H](O[C@@H]3[C@H](OCc4ccc5ccccc5c4)[C@@H](OCc4ccc5ccccc5c4)[C@@H](OCCCCCN(Cc4ccccc4)C(=O)OCc4ccccc4)O[C@@H]3COCc3ccccc3)O[C@@H]3CO[C@H](c4ccccc4)O[C@H]23)O[C@H]1C. The predicted octanol–water partition coefficient (Wildman–Crippen LogP) is 17.3. The van der Waals surface area contributed by atoms with E-state index in [9.17, 15) is 20.7 Å². The van der Waals surface area contributed by atoms with Crippen LogP contribution in [-0.4, -0.2) is 167 Å². The van der Waals surface area contributed by atoms with Crippen LogP contribution in [0.15, 0.2) is 277 Å². The lowest BCUT2D eigenvalue weighted by atomic mass is 9.93. The number of hydrogen-bond donors (Lipinski definition) is 0. The smallest absolute Gasteiger partial charge is 0.410 e. The zero-order valence-corrected chi connectivity index (χ0v) is 68.4. The van der Waals surface area contributed by atoms with E-state index in [1.54, 1.807) is 11.8 Å². The van der Waals surface area contributed by atoms with Crippen LogP contribution in [0, 0.1) is 0 Å². The molecule has 1 amide bonds. The fourth-order valence-corrected chi connectivity index (χ4v) is 16.7. The molecule has 0 radical (unpaired) electrons. The highest BCUT2D eigenvalue weighted by Crippen LogP contribution is 2.44. The Balaban J connectivity index is 0.731. The first-order valence-electron chi connectivity index (χ1n) is 42.1. The normalized spacial score (nSPS) is 28.0. The van der Waals surface area contributed by atoms with Crippen LogP contribution in [0.5, 0.6) is 0 Å². The zero-order chi connectivity index (χ0) is 84.1. The molecule has 6 heterocycles. The number of benzene rings is 10. The van der Waals surface area contributed by atoms with Crippen molar-refractivity contribution >= 4 is 33.6 Å². The fourth-order valence-electron chi connectivity index (χ4n) is 16.7. The molecule has 0 aliphatic carbocycles. The molecular weight excluding hydrogens is 1570 g/mol. The summed E-state index contributed by atoms with van der Waals surface area (Å²) in [4.78, 5) is 35.9. The fraction of sp³-hybridized carbons (Fsp3) is 0.396. The molecule has 6 aliphatic heterocycles. The Morgan fingerprint density at radius 3 is 1.54 bits per heavy atom. The third-order valence-electron chi connectivity index (χ3n) is 22.8. The lowest BCUT2D eigenvalue weighted by Crippen LogP contribution is -2.68. The van der Waals surface area contributed by atoms with Crippen LogP contribution in [0.2, 0.25) is 0 Å². The number of carbonyl (C=O) groups excluding carboxylic acids is 2. The number of carbonyl (C=O) groups is 2. The van der Waals surface area contributed by atoms with Gasteiger partial charge in [-0.05, 0) is 104 Å². The summed E-state index contributed by atoms with van der Waals surface area (Å²) in [5.74, 6) is -0.681. The van der Waals surface area contributed by atoms with E-state index < -0.39 is 141 Å². The van der Waals surface area contributed by atoms with E-state index in [1.165, 1.54) is 6.92 Å². The highest BCUT2D eigenvalue weighted by Gasteiger charge is 2.59. The van der Waals surface area contributed by atoms with Crippen LogP contribution in [-0.2, 0) is 130 Å². The van der Waals surface area contributed by atoms with E-state index in [-0.39, 0.29) is 65.9 Å². The van der Waals surface area contributed by atoms with Gasteiger partial charge in [-0.15, -0.1) is 0 Å². The van der Waals surface area contributed by atoms with E-state index in [0.717, 1.165) is 60.5 Å². The molecule has 10 aromatic carbocycles. The number of ether oxygens (including phenoxy) is 18. The number of fused-ring (bicyclic) bond motifs is 4. The summed E-state index contributed by atoms with van der Waals surface area (Å²) in [6, 6.07) is 83.2. The molecule has 123 heavy (non-hydrogen) atoms. The van der Waals surface area contributed by atoms with Crippen molar-refractivity contribution in [2.24, 2.45) is 10.2 Å². The first kappa shape index (κ1) is 86.0. The van der Waals surface area contributed by atoms with Crippen molar-refractivity contribution in [3.8, 4) is 0 Å². The molecule has 10 aromatic rings. The topological polar surface area (TPSA) is 301 Å². The maximum atomic E-state index is 13.9. The molecule has 16 rings (SSSR count). The summed E-state index contributed by atoms with van der Waals surface area (Å²) in [6.45, 7) is 4.29. The highest BCUT2D eigenvalue weighted by atomic mass is 16.8. The van der Waals surface area contributed by atoms with Crippen molar-refractivity contribution in [3.63, 3.8) is 0 Å². The van der Waals surface area contributed by atoms with Gasteiger partial charge in [-0.2, -0.15) is 0 Å². The summed E-state index contributed by atoms with van der Waals surface area (Å²) in [5, 5.41) is 13.0. The van der Waals surface area contributed by atoms with Gasteiger partial charge < -0.3 is 90.2 Å². The Kier molecular flexibility index (Phi) is 29.8. The highest BCUT2D eigenvalue weighted by molar-refractivity contribution is 5.83. The average Bonchev–Trinajstić information content (AvgIpc) is 0.748. The van der Waals surface area contributed by atoms with E-state index in [0.29, 0.717) is 37.9 Å². The van der Waals surface area contributed by atoms with Gasteiger partial charge in [0.25, 0.3) is 0 Å². The monoisotopic (exact) mass is 1670 g/mol. The van der Waals surface area contributed by atoms with Crippen molar-refractivity contribution in [1.82, 2.24) is 4.90 Å². The Bertz CT molecular complexity index is 5110. The second-order valence-corrected chi connectivity index (χ2v) is 31.4. The summed E-state index contributed by atoms with van der Waals surface area (Å²) >= 11 is 0.